The van der Waals surface area contributed by atoms with Crippen LogP contribution in [0.5, 0.6) is 5.75 Å². The normalized spacial score (nSPS) is 10.9. The lowest BCUT2D eigenvalue weighted by Gasteiger charge is -2.04. The Morgan fingerprint density at radius 3 is 2.59 bits per heavy atom. The Labute approximate surface area is 192 Å². The van der Waals surface area contributed by atoms with Gasteiger partial charge in [-0.2, -0.15) is 5.26 Å². The van der Waals surface area contributed by atoms with Crippen LogP contribution in [0, 0.1) is 18.3 Å². The maximum absolute atomic E-state index is 12.3. The minimum Gasteiger partial charge on any atom is -0.497 e. The molecule has 32 heavy (non-hydrogen) atoms. The predicted molar refractivity (Wildman–Crippen MR) is 123 cm³/mol. The van der Waals surface area contributed by atoms with Gasteiger partial charge in [0.2, 0.25) is 0 Å². The highest BCUT2D eigenvalue weighted by Crippen LogP contribution is 2.35. The Morgan fingerprint density at radius 1 is 1.19 bits per heavy atom. The summed E-state index contributed by atoms with van der Waals surface area (Å²) in [6.07, 6.45) is 1.45. The van der Waals surface area contributed by atoms with E-state index in [1.54, 1.807) is 14.0 Å². The number of carbonyl (C=O) groups excluding carboxylic acids is 2. The second-order valence-electron chi connectivity index (χ2n) is 6.33. The van der Waals surface area contributed by atoms with E-state index in [4.69, 9.17) is 14.2 Å². The number of benzene rings is 1. The van der Waals surface area contributed by atoms with Crippen LogP contribution in [0.3, 0.4) is 0 Å². The van der Waals surface area contributed by atoms with Crippen molar-refractivity contribution in [3.63, 3.8) is 0 Å². The van der Waals surface area contributed by atoms with Gasteiger partial charge in [0, 0.05) is 17.1 Å². The number of carbonyl (C=O) groups is 2. The Kier molecular flexibility index (Phi) is 7.25. The number of esters is 2. The third-order valence-electron chi connectivity index (χ3n) is 4.48. The molecule has 0 aliphatic heterocycles. The third-order valence-corrected chi connectivity index (χ3v) is 6.55. The molecule has 2 heterocycles. The maximum Gasteiger partial charge on any atom is 0.348 e. The zero-order valence-corrected chi connectivity index (χ0v) is 19.3. The average Bonchev–Trinajstić information content (AvgIpc) is 3.43. The van der Waals surface area contributed by atoms with Crippen LogP contribution in [0.2, 0.25) is 0 Å². The van der Waals surface area contributed by atoms with Crippen molar-refractivity contribution in [3.8, 4) is 23.1 Å². The van der Waals surface area contributed by atoms with E-state index in [9.17, 15) is 14.9 Å². The summed E-state index contributed by atoms with van der Waals surface area (Å²) >= 11 is 2.36. The molecule has 0 aliphatic rings. The smallest absolute Gasteiger partial charge is 0.348 e. The van der Waals surface area contributed by atoms with Crippen molar-refractivity contribution in [1.29, 1.82) is 5.26 Å². The number of aromatic nitrogens is 1. The molecule has 2 aromatic heterocycles. The number of nitrogens with one attached hydrogen (secondary N) is 1. The fourth-order valence-corrected chi connectivity index (χ4v) is 4.72. The van der Waals surface area contributed by atoms with Gasteiger partial charge in [-0.05, 0) is 24.6 Å². The Hall–Kier alpha value is -3.68. The van der Waals surface area contributed by atoms with E-state index in [0.29, 0.717) is 27.0 Å². The Balaban J connectivity index is 1.93. The van der Waals surface area contributed by atoms with Crippen molar-refractivity contribution >= 4 is 45.2 Å². The van der Waals surface area contributed by atoms with Gasteiger partial charge in [0.1, 0.15) is 32.3 Å². The first-order valence-corrected chi connectivity index (χ1v) is 10.9. The molecule has 0 spiro atoms. The highest BCUT2D eigenvalue weighted by molar-refractivity contribution is 7.18. The largest absolute Gasteiger partial charge is 0.497 e. The minimum atomic E-state index is -0.599. The lowest BCUT2D eigenvalue weighted by Crippen LogP contribution is -2.06. The number of hydrogen-bond acceptors (Lipinski definition) is 10. The van der Waals surface area contributed by atoms with Gasteiger partial charge in [-0.3, -0.25) is 0 Å². The van der Waals surface area contributed by atoms with E-state index >= 15 is 0 Å². The number of nitriles is 1. The van der Waals surface area contributed by atoms with Crippen LogP contribution in [0.1, 0.15) is 30.6 Å². The van der Waals surface area contributed by atoms with Gasteiger partial charge in [-0.15, -0.1) is 22.7 Å². The number of rotatable bonds is 7. The fourth-order valence-electron chi connectivity index (χ4n) is 2.84. The molecule has 0 aliphatic carbocycles. The lowest BCUT2D eigenvalue weighted by molar-refractivity contribution is 0.0601. The Morgan fingerprint density at radius 2 is 1.94 bits per heavy atom. The minimum absolute atomic E-state index is 0.211. The topological polar surface area (TPSA) is 111 Å². The first-order valence-electron chi connectivity index (χ1n) is 9.20. The van der Waals surface area contributed by atoms with Crippen LogP contribution in [0.15, 0.2) is 35.8 Å². The van der Waals surface area contributed by atoms with Gasteiger partial charge in [-0.1, -0.05) is 12.1 Å². The number of ether oxygens (including phenoxy) is 3. The summed E-state index contributed by atoms with van der Waals surface area (Å²) in [6, 6.07) is 9.58. The molecule has 0 saturated carbocycles. The molecular weight excluding hydrogens is 450 g/mol. The predicted octanol–water partition coefficient (Wildman–Crippen LogP) is 4.74. The highest BCUT2D eigenvalue weighted by atomic mass is 32.1. The molecule has 0 fully saturated rings. The number of thiophene rings is 1. The van der Waals surface area contributed by atoms with E-state index in [2.05, 4.69) is 16.4 Å². The van der Waals surface area contributed by atoms with Crippen molar-refractivity contribution < 1.29 is 23.8 Å². The molecule has 0 bridgehead atoms. The van der Waals surface area contributed by atoms with E-state index in [-0.39, 0.29) is 16.0 Å². The molecule has 8 nitrogen and oxygen atoms in total. The van der Waals surface area contributed by atoms with E-state index in [1.165, 1.54) is 31.8 Å². The second-order valence-corrected chi connectivity index (χ2v) is 8.21. The fraction of sp³-hybridized carbons (Fsp3) is 0.182. The van der Waals surface area contributed by atoms with Crippen LogP contribution in [-0.4, -0.2) is 38.3 Å². The summed E-state index contributed by atoms with van der Waals surface area (Å²) in [6.45, 7) is 1.64. The summed E-state index contributed by atoms with van der Waals surface area (Å²) < 4.78 is 14.9. The number of allylic oxidation sites excluding steroid dienone is 1. The first kappa shape index (κ1) is 23.0. The van der Waals surface area contributed by atoms with E-state index < -0.39 is 11.9 Å². The summed E-state index contributed by atoms with van der Waals surface area (Å²) in [5.41, 5.74) is 2.49. The van der Waals surface area contributed by atoms with Crippen molar-refractivity contribution in [2.24, 2.45) is 0 Å². The van der Waals surface area contributed by atoms with Crippen molar-refractivity contribution in [3.05, 3.63) is 56.9 Å². The highest BCUT2D eigenvalue weighted by Gasteiger charge is 2.25. The van der Waals surface area contributed by atoms with Gasteiger partial charge in [-0.25, -0.2) is 14.6 Å². The number of nitrogens with zero attached hydrogens (tertiary/aromatic N) is 2. The van der Waals surface area contributed by atoms with Crippen LogP contribution in [-0.2, 0) is 9.47 Å². The van der Waals surface area contributed by atoms with Crippen LogP contribution >= 0.6 is 22.7 Å². The summed E-state index contributed by atoms with van der Waals surface area (Å²) in [5.74, 6) is -0.449. The quantitative estimate of drug-likeness (QED) is 0.390. The van der Waals surface area contributed by atoms with Gasteiger partial charge in [0.25, 0.3) is 0 Å². The summed E-state index contributed by atoms with van der Waals surface area (Å²) in [4.78, 5) is 29.1. The second kappa shape index (κ2) is 10.1. The van der Waals surface area contributed by atoms with Crippen molar-refractivity contribution in [1.82, 2.24) is 4.98 Å². The Bertz CT molecular complexity index is 1240. The molecule has 0 radical (unpaired) electrons. The first-order chi connectivity index (χ1) is 15.4. The molecule has 0 atom stereocenters. The number of methoxy groups -OCH3 is 3. The summed E-state index contributed by atoms with van der Waals surface area (Å²) in [5, 5.41) is 15.3. The average molecular weight is 470 g/mol. The third kappa shape index (κ3) is 4.64. The molecule has 3 aromatic rings. The molecule has 0 unspecified atom stereocenters. The lowest BCUT2D eigenvalue weighted by atomic mass is 10.1. The molecule has 1 N–H and O–H groups in total. The summed E-state index contributed by atoms with van der Waals surface area (Å²) in [7, 11) is 4.12. The molecule has 164 valence electrons. The van der Waals surface area contributed by atoms with Crippen LogP contribution in [0.4, 0.5) is 5.00 Å². The van der Waals surface area contributed by atoms with Crippen molar-refractivity contribution in [2.75, 3.05) is 26.6 Å². The molecule has 10 heteroatoms. The van der Waals surface area contributed by atoms with E-state index in [0.717, 1.165) is 16.9 Å². The standard InChI is InChI=1S/C22H19N3O5S2/c1-12-17(21(26)29-3)20(32-18(12)22(27)30-4)24-10-14(9-23)19-25-16(11-31-19)13-6-5-7-15(8-13)28-2/h5-8,10-11,24H,1-4H3. The zero-order valence-electron chi connectivity index (χ0n) is 17.7. The molecular formula is C22H19N3O5S2. The number of anilines is 1. The SMILES string of the molecule is COC(=O)c1sc(NC=C(C#N)c2nc(-c3cccc(OC)c3)cs2)c(C(=O)OC)c1C. The van der Waals surface area contributed by atoms with Gasteiger partial charge >= 0.3 is 11.9 Å². The number of hydrogen-bond donors (Lipinski definition) is 1. The maximum atomic E-state index is 12.3. The number of thiazole rings is 1. The van der Waals surface area contributed by atoms with Crippen LogP contribution < -0.4 is 10.1 Å². The van der Waals surface area contributed by atoms with Gasteiger partial charge < -0.3 is 19.5 Å². The van der Waals surface area contributed by atoms with E-state index in [1.807, 2.05) is 29.6 Å². The van der Waals surface area contributed by atoms with Crippen molar-refractivity contribution in [2.45, 2.75) is 6.92 Å². The monoisotopic (exact) mass is 469 g/mol. The zero-order chi connectivity index (χ0) is 23.3. The molecule has 1 aromatic carbocycles. The van der Waals surface area contributed by atoms with Gasteiger partial charge in [0.05, 0.1) is 32.6 Å². The van der Waals surface area contributed by atoms with Crippen LogP contribution in [0.25, 0.3) is 16.8 Å². The molecule has 0 amide bonds. The molecule has 3 rings (SSSR count). The van der Waals surface area contributed by atoms with Gasteiger partial charge in [0.15, 0.2) is 0 Å². The molecule has 0 saturated heterocycles.